The largest absolute Gasteiger partial charge is 0.481 e. The molecule has 126 valence electrons. The van der Waals surface area contributed by atoms with Crippen molar-refractivity contribution in [3.63, 3.8) is 0 Å². The van der Waals surface area contributed by atoms with Crippen molar-refractivity contribution >= 4 is 34.8 Å². The number of carbonyl (C=O) groups is 2. The van der Waals surface area contributed by atoms with Gasteiger partial charge in [0, 0.05) is 23.3 Å². The topological polar surface area (TPSA) is 67.4 Å². The monoisotopic (exact) mass is 346 g/mol. The molecule has 5 nitrogen and oxygen atoms in total. The Bertz CT molecular complexity index is 762. The summed E-state index contributed by atoms with van der Waals surface area (Å²) >= 11 is 5.91. The van der Waals surface area contributed by atoms with Crippen LogP contribution in [0.3, 0.4) is 0 Å². The maximum atomic E-state index is 12.3. The van der Waals surface area contributed by atoms with Crippen molar-refractivity contribution in [1.29, 1.82) is 0 Å². The Morgan fingerprint density at radius 1 is 1.08 bits per heavy atom. The molecule has 0 aliphatic heterocycles. The maximum absolute atomic E-state index is 12.3. The average molecular weight is 347 g/mol. The molecule has 0 aromatic heterocycles. The molecule has 1 atom stereocenters. The zero-order valence-corrected chi connectivity index (χ0v) is 14.5. The number of hydrogen-bond donors (Lipinski definition) is 2. The van der Waals surface area contributed by atoms with Crippen molar-refractivity contribution in [3.8, 4) is 5.75 Å². The van der Waals surface area contributed by atoms with Crippen molar-refractivity contribution in [3.05, 3.63) is 53.1 Å². The zero-order valence-electron chi connectivity index (χ0n) is 13.7. The molecule has 0 saturated heterocycles. The first kappa shape index (κ1) is 17.8. The van der Waals surface area contributed by atoms with Crippen LogP contribution in [0.1, 0.15) is 19.4 Å². The summed E-state index contributed by atoms with van der Waals surface area (Å²) in [6, 6.07) is 12.1. The minimum absolute atomic E-state index is 0.173. The van der Waals surface area contributed by atoms with Crippen LogP contribution in [-0.2, 0) is 9.59 Å². The number of anilines is 2. The van der Waals surface area contributed by atoms with Gasteiger partial charge in [-0.1, -0.05) is 17.7 Å². The zero-order chi connectivity index (χ0) is 17.7. The van der Waals surface area contributed by atoms with Crippen LogP contribution in [-0.4, -0.2) is 17.9 Å². The lowest BCUT2D eigenvalue weighted by Crippen LogP contribution is -2.30. The number of ether oxygens (including phenoxy) is 1. The van der Waals surface area contributed by atoms with E-state index in [9.17, 15) is 9.59 Å². The lowest BCUT2D eigenvalue weighted by atomic mass is 10.2. The smallest absolute Gasteiger partial charge is 0.265 e. The number of rotatable bonds is 5. The van der Waals surface area contributed by atoms with Gasteiger partial charge in [0.15, 0.2) is 6.10 Å². The molecule has 6 heteroatoms. The molecule has 0 bridgehead atoms. The molecule has 2 N–H and O–H groups in total. The number of aryl methyl sites for hydroxylation is 1. The molecular weight excluding hydrogens is 328 g/mol. The molecule has 0 radical (unpaired) electrons. The second kappa shape index (κ2) is 7.84. The molecule has 24 heavy (non-hydrogen) atoms. The van der Waals surface area contributed by atoms with Crippen LogP contribution in [0.2, 0.25) is 5.02 Å². The van der Waals surface area contributed by atoms with Gasteiger partial charge in [-0.05, 0) is 55.8 Å². The summed E-state index contributed by atoms with van der Waals surface area (Å²) in [6.45, 7) is 4.96. The summed E-state index contributed by atoms with van der Waals surface area (Å²) < 4.78 is 5.69. The fourth-order valence-corrected chi connectivity index (χ4v) is 2.34. The van der Waals surface area contributed by atoms with Crippen LogP contribution >= 0.6 is 11.6 Å². The normalized spacial score (nSPS) is 11.5. The molecule has 0 spiro atoms. The van der Waals surface area contributed by atoms with Crippen molar-refractivity contribution in [2.75, 3.05) is 10.6 Å². The van der Waals surface area contributed by atoms with Gasteiger partial charge < -0.3 is 15.4 Å². The Morgan fingerprint density at radius 2 is 1.75 bits per heavy atom. The van der Waals surface area contributed by atoms with Gasteiger partial charge in [0.05, 0.1) is 0 Å². The molecule has 2 aromatic rings. The molecular formula is C18H19ClN2O3. The molecule has 0 aliphatic rings. The third-order valence-electron chi connectivity index (χ3n) is 3.26. The molecule has 0 aliphatic carbocycles. The number of halogens is 1. The average Bonchev–Trinajstić information content (AvgIpc) is 2.49. The van der Waals surface area contributed by atoms with Crippen LogP contribution < -0.4 is 15.4 Å². The Morgan fingerprint density at radius 3 is 2.38 bits per heavy atom. The van der Waals surface area contributed by atoms with E-state index in [-0.39, 0.29) is 11.8 Å². The molecule has 0 saturated carbocycles. The first-order valence-corrected chi connectivity index (χ1v) is 7.84. The van der Waals surface area contributed by atoms with Crippen LogP contribution in [0.4, 0.5) is 11.4 Å². The van der Waals surface area contributed by atoms with Gasteiger partial charge in [0.1, 0.15) is 5.75 Å². The number of hydrogen-bond acceptors (Lipinski definition) is 3. The van der Waals surface area contributed by atoms with E-state index >= 15 is 0 Å². The number of nitrogens with one attached hydrogen (secondary N) is 2. The Labute approximate surface area is 146 Å². The minimum atomic E-state index is -0.686. The summed E-state index contributed by atoms with van der Waals surface area (Å²) in [4.78, 5) is 23.4. The van der Waals surface area contributed by atoms with Gasteiger partial charge in [0.2, 0.25) is 5.91 Å². The highest BCUT2D eigenvalue weighted by Crippen LogP contribution is 2.23. The fourth-order valence-electron chi connectivity index (χ4n) is 2.11. The summed E-state index contributed by atoms with van der Waals surface area (Å²) in [7, 11) is 0. The number of carbonyl (C=O) groups excluding carboxylic acids is 2. The first-order chi connectivity index (χ1) is 11.3. The summed E-state index contributed by atoms with van der Waals surface area (Å²) in [5.41, 5.74) is 2.05. The van der Waals surface area contributed by atoms with Crippen LogP contribution in [0.5, 0.6) is 5.75 Å². The van der Waals surface area contributed by atoms with Gasteiger partial charge >= 0.3 is 0 Å². The van der Waals surface area contributed by atoms with E-state index in [0.717, 1.165) is 5.56 Å². The van der Waals surface area contributed by atoms with Crippen LogP contribution in [0.25, 0.3) is 0 Å². The van der Waals surface area contributed by atoms with Gasteiger partial charge in [0.25, 0.3) is 5.91 Å². The van der Waals surface area contributed by atoms with Crippen molar-refractivity contribution < 1.29 is 14.3 Å². The molecule has 0 heterocycles. The Balaban J connectivity index is 2.02. The van der Waals surface area contributed by atoms with E-state index in [0.29, 0.717) is 22.1 Å². The van der Waals surface area contributed by atoms with Crippen LogP contribution in [0, 0.1) is 6.92 Å². The maximum Gasteiger partial charge on any atom is 0.265 e. The van der Waals surface area contributed by atoms with Gasteiger partial charge in [-0.2, -0.15) is 0 Å². The summed E-state index contributed by atoms with van der Waals surface area (Å²) in [6.07, 6.45) is -0.686. The Hall–Kier alpha value is -2.53. The third kappa shape index (κ3) is 4.99. The summed E-state index contributed by atoms with van der Waals surface area (Å²) in [5, 5.41) is 6.05. The van der Waals surface area contributed by atoms with E-state index in [1.54, 1.807) is 49.4 Å². The first-order valence-electron chi connectivity index (χ1n) is 7.46. The van der Waals surface area contributed by atoms with E-state index in [1.807, 2.05) is 6.92 Å². The quantitative estimate of drug-likeness (QED) is 0.859. The standard InChI is InChI=1S/C18H19ClN2O3/c1-11-9-14(19)7-8-17(11)24-12(2)18(23)21-16-6-4-5-15(10-16)20-13(3)22/h4-10,12H,1-3H3,(H,20,22)(H,21,23). The lowest BCUT2D eigenvalue weighted by Gasteiger charge is -2.16. The van der Waals surface area contributed by atoms with Crippen molar-refractivity contribution in [2.45, 2.75) is 26.9 Å². The SMILES string of the molecule is CC(=O)Nc1cccc(NC(=O)C(C)Oc2ccc(Cl)cc2C)c1. The van der Waals surface area contributed by atoms with Gasteiger partial charge in [-0.3, -0.25) is 9.59 Å². The predicted molar refractivity (Wildman–Crippen MR) is 95.7 cm³/mol. The van der Waals surface area contributed by atoms with Gasteiger partial charge in [-0.15, -0.1) is 0 Å². The predicted octanol–water partition coefficient (Wildman–Crippen LogP) is 4.01. The third-order valence-corrected chi connectivity index (χ3v) is 3.50. The summed E-state index contributed by atoms with van der Waals surface area (Å²) in [5.74, 6) is 0.145. The lowest BCUT2D eigenvalue weighted by molar-refractivity contribution is -0.122. The van der Waals surface area contributed by atoms with E-state index < -0.39 is 6.10 Å². The van der Waals surface area contributed by atoms with Crippen molar-refractivity contribution in [1.82, 2.24) is 0 Å². The molecule has 2 rings (SSSR count). The fraction of sp³-hybridized carbons (Fsp3) is 0.222. The van der Waals surface area contributed by atoms with E-state index in [4.69, 9.17) is 16.3 Å². The van der Waals surface area contributed by atoms with E-state index in [1.165, 1.54) is 6.92 Å². The van der Waals surface area contributed by atoms with Crippen molar-refractivity contribution in [2.24, 2.45) is 0 Å². The number of benzene rings is 2. The number of amides is 2. The second-order valence-electron chi connectivity index (χ2n) is 5.42. The minimum Gasteiger partial charge on any atom is -0.481 e. The molecule has 0 fully saturated rings. The Kier molecular flexibility index (Phi) is 5.82. The highest BCUT2D eigenvalue weighted by Gasteiger charge is 2.16. The van der Waals surface area contributed by atoms with E-state index in [2.05, 4.69) is 10.6 Å². The van der Waals surface area contributed by atoms with Gasteiger partial charge in [-0.25, -0.2) is 0 Å². The second-order valence-corrected chi connectivity index (χ2v) is 5.86. The highest BCUT2D eigenvalue weighted by atomic mass is 35.5. The highest BCUT2D eigenvalue weighted by molar-refractivity contribution is 6.30. The molecule has 2 amide bonds. The van der Waals surface area contributed by atoms with Crippen LogP contribution in [0.15, 0.2) is 42.5 Å². The molecule has 2 aromatic carbocycles. The molecule has 1 unspecified atom stereocenters.